The second kappa shape index (κ2) is 8.56. The molecule has 23 heavy (non-hydrogen) atoms. The Hall–Kier alpha value is -1.25. The summed E-state index contributed by atoms with van der Waals surface area (Å²) >= 11 is 1.71. The lowest BCUT2D eigenvalue weighted by molar-refractivity contribution is 0.0320. The summed E-state index contributed by atoms with van der Waals surface area (Å²) in [6.07, 6.45) is 1.90. The fraction of sp³-hybridized carbons (Fsp3) is 0.562. The Morgan fingerprint density at radius 2 is 2.22 bits per heavy atom. The lowest BCUT2D eigenvalue weighted by Crippen LogP contribution is -2.41. The number of thiophene rings is 1. The molecule has 0 aromatic carbocycles. The summed E-state index contributed by atoms with van der Waals surface area (Å²) in [6.45, 7) is 7.25. The largest absolute Gasteiger partial charge is 0.395 e. The molecule has 2 aromatic heterocycles. The Balaban J connectivity index is 1.59. The van der Waals surface area contributed by atoms with E-state index in [0.717, 1.165) is 51.6 Å². The zero-order chi connectivity index (χ0) is 15.9. The number of morpholine rings is 1. The zero-order valence-corrected chi connectivity index (χ0v) is 14.1. The quantitative estimate of drug-likeness (QED) is 0.760. The van der Waals surface area contributed by atoms with Gasteiger partial charge in [-0.25, -0.2) is 0 Å². The van der Waals surface area contributed by atoms with Gasteiger partial charge in [-0.05, 0) is 11.4 Å². The highest BCUT2D eigenvalue weighted by molar-refractivity contribution is 7.13. The fourth-order valence-electron chi connectivity index (χ4n) is 2.82. The predicted molar refractivity (Wildman–Crippen MR) is 91.5 cm³/mol. The van der Waals surface area contributed by atoms with Crippen LogP contribution in [0.5, 0.6) is 0 Å². The van der Waals surface area contributed by atoms with Crippen LogP contribution in [-0.4, -0.2) is 77.6 Å². The van der Waals surface area contributed by atoms with E-state index in [1.165, 1.54) is 10.4 Å². The smallest absolute Gasteiger partial charge is 0.0794 e. The first-order valence-corrected chi connectivity index (χ1v) is 8.94. The van der Waals surface area contributed by atoms with Crippen molar-refractivity contribution in [3.05, 3.63) is 29.3 Å². The summed E-state index contributed by atoms with van der Waals surface area (Å²) in [5, 5.41) is 18.7. The second-order valence-corrected chi connectivity index (χ2v) is 6.65. The molecule has 1 aliphatic heterocycles. The average Bonchev–Trinajstić information content (AvgIpc) is 3.25. The summed E-state index contributed by atoms with van der Waals surface area (Å²) in [5.74, 6) is 0. The maximum Gasteiger partial charge on any atom is 0.0794 e. The number of aromatic nitrogens is 2. The highest BCUT2D eigenvalue weighted by Gasteiger charge is 2.15. The maximum atomic E-state index is 9.36. The lowest BCUT2D eigenvalue weighted by atomic mass is 10.2. The van der Waals surface area contributed by atoms with Crippen molar-refractivity contribution in [1.29, 1.82) is 0 Å². The monoisotopic (exact) mass is 336 g/mol. The maximum absolute atomic E-state index is 9.36. The predicted octanol–water partition coefficient (Wildman–Crippen LogP) is 1.26. The normalized spacial score (nSPS) is 16.3. The molecule has 1 saturated heterocycles. The first kappa shape index (κ1) is 16.6. The van der Waals surface area contributed by atoms with Gasteiger partial charge in [0.05, 0.1) is 36.6 Å². The molecule has 6 nitrogen and oxygen atoms in total. The fourth-order valence-corrected chi connectivity index (χ4v) is 3.58. The first-order chi connectivity index (χ1) is 11.4. The summed E-state index contributed by atoms with van der Waals surface area (Å²) in [7, 11) is 0. The van der Waals surface area contributed by atoms with Crippen molar-refractivity contribution < 1.29 is 9.84 Å². The zero-order valence-electron chi connectivity index (χ0n) is 13.3. The standard InChI is InChI=1S/C16H24N4O2S/c21-8-5-20(4-3-19-6-9-22-10-7-19)13-14-12-17-18-16(14)15-2-1-11-23-15/h1-2,11-12,21H,3-10,13H2,(H,17,18). The molecule has 2 N–H and O–H groups in total. The van der Waals surface area contributed by atoms with Gasteiger partial charge >= 0.3 is 0 Å². The molecule has 2 aromatic rings. The van der Waals surface area contributed by atoms with E-state index in [9.17, 15) is 5.11 Å². The van der Waals surface area contributed by atoms with Gasteiger partial charge < -0.3 is 9.84 Å². The molecule has 3 rings (SSSR count). The Bertz CT molecular complexity index is 566. The summed E-state index contributed by atoms with van der Waals surface area (Å²) in [6, 6.07) is 4.15. The molecule has 0 aliphatic carbocycles. The third-order valence-electron chi connectivity index (χ3n) is 4.13. The first-order valence-electron chi connectivity index (χ1n) is 8.06. The van der Waals surface area contributed by atoms with E-state index >= 15 is 0 Å². The second-order valence-electron chi connectivity index (χ2n) is 5.70. The van der Waals surface area contributed by atoms with E-state index in [2.05, 4.69) is 37.5 Å². The molecule has 0 bridgehead atoms. The number of aliphatic hydroxyl groups excluding tert-OH is 1. The molecule has 0 saturated carbocycles. The number of aliphatic hydroxyl groups is 1. The summed E-state index contributed by atoms with van der Waals surface area (Å²) in [5.41, 5.74) is 2.28. The van der Waals surface area contributed by atoms with Gasteiger partial charge in [-0.1, -0.05) is 6.07 Å². The number of hydrogen-bond donors (Lipinski definition) is 2. The summed E-state index contributed by atoms with van der Waals surface area (Å²) < 4.78 is 5.39. The van der Waals surface area contributed by atoms with Crippen molar-refractivity contribution in [2.45, 2.75) is 6.54 Å². The van der Waals surface area contributed by atoms with E-state index in [0.29, 0.717) is 6.54 Å². The molecule has 7 heteroatoms. The van der Waals surface area contributed by atoms with Crippen LogP contribution in [0.2, 0.25) is 0 Å². The van der Waals surface area contributed by atoms with Gasteiger partial charge in [-0.3, -0.25) is 14.9 Å². The van der Waals surface area contributed by atoms with Crippen LogP contribution in [0.25, 0.3) is 10.6 Å². The molecular weight excluding hydrogens is 312 g/mol. The van der Waals surface area contributed by atoms with Gasteiger partial charge in [0, 0.05) is 44.8 Å². The van der Waals surface area contributed by atoms with Crippen LogP contribution in [0.1, 0.15) is 5.56 Å². The van der Waals surface area contributed by atoms with Gasteiger partial charge in [0.2, 0.25) is 0 Å². The van der Waals surface area contributed by atoms with Crippen molar-refractivity contribution in [2.75, 3.05) is 52.5 Å². The molecule has 126 valence electrons. The number of aromatic amines is 1. The molecule has 0 spiro atoms. The topological polar surface area (TPSA) is 64.6 Å². The van der Waals surface area contributed by atoms with Crippen LogP contribution >= 0.6 is 11.3 Å². The SMILES string of the molecule is OCCN(CCN1CCOCC1)Cc1cn[nH]c1-c1cccs1. The molecule has 0 atom stereocenters. The van der Waals surface area contributed by atoms with Crippen LogP contribution in [0.3, 0.4) is 0 Å². The van der Waals surface area contributed by atoms with E-state index in [-0.39, 0.29) is 6.61 Å². The number of hydrogen-bond acceptors (Lipinski definition) is 6. The minimum atomic E-state index is 0.176. The molecular formula is C16H24N4O2S. The van der Waals surface area contributed by atoms with Crippen LogP contribution in [-0.2, 0) is 11.3 Å². The number of H-pyrrole nitrogens is 1. The Kier molecular flexibility index (Phi) is 6.18. The minimum absolute atomic E-state index is 0.176. The van der Waals surface area contributed by atoms with E-state index in [1.807, 2.05) is 6.20 Å². The van der Waals surface area contributed by atoms with Gasteiger partial charge in [-0.15, -0.1) is 11.3 Å². The molecule has 3 heterocycles. The average molecular weight is 336 g/mol. The van der Waals surface area contributed by atoms with E-state index in [4.69, 9.17) is 4.74 Å². The van der Waals surface area contributed by atoms with Gasteiger partial charge in [-0.2, -0.15) is 5.10 Å². The molecule has 1 fully saturated rings. The Morgan fingerprint density at radius 1 is 1.35 bits per heavy atom. The van der Waals surface area contributed by atoms with Crippen molar-refractivity contribution in [1.82, 2.24) is 20.0 Å². The molecule has 0 radical (unpaired) electrons. The van der Waals surface area contributed by atoms with Crippen molar-refractivity contribution >= 4 is 11.3 Å². The lowest BCUT2D eigenvalue weighted by Gasteiger charge is -2.29. The number of nitrogens with zero attached hydrogens (tertiary/aromatic N) is 3. The van der Waals surface area contributed by atoms with Crippen LogP contribution in [0.15, 0.2) is 23.7 Å². The van der Waals surface area contributed by atoms with Gasteiger partial charge in [0.15, 0.2) is 0 Å². The highest BCUT2D eigenvalue weighted by atomic mass is 32.1. The van der Waals surface area contributed by atoms with Crippen LogP contribution in [0, 0.1) is 0 Å². The number of ether oxygens (including phenoxy) is 1. The molecule has 0 amide bonds. The third-order valence-corrected chi connectivity index (χ3v) is 5.02. The highest BCUT2D eigenvalue weighted by Crippen LogP contribution is 2.26. The molecule has 0 unspecified atom stereocenters. The van der Waals surface area contributed by atoms with Gasteiger partial charge in [0.1, 0.15) is 0 Å². The molecule has 1 aliphatic rings. The minimum Gasteiger partial charge on any atom is -0.395 e. The van der Waals surface area contributed by atoms with Gasteiger partial charge in [0.25, 0.3) is 0 Å². The number of nitrogens with one attached hydrogen (secondary N) is 1. The Morgan fingerprint density at radius 3 is 2.96 bits per heavy atom. The van der Waals surface area contributed by atoms with Crippen LogP contribution in [0.4, 0.5) is 0 Å². The van der Waals surface area contributed by atoms with E-state index < -0.39 is 0 Å². The summed E-state index contributed by atoms with van der Waals surface area (Å²) in [4.78, 5) is 5.91. The van der Waals surface area contributed by atoms with Crippen molar-refractivity contribution in [3.8, 4) is 10.6 Å². The number of rotatable bonds is 8. The van der Waals surface area contributed by atoms with Crippen LogP contribution < -0.4 is 0 Å². The Labute approximate surface area is 140 Å². The van der Waals surface area contributed by atoms with Crippen molar-refractivity contribution in [2.24, 2.45) is 0 Å². The third kappa shape index (κ3) is 4.62. The van der Waals surface area contributed by atoms with E-state index in [1.54, 1.807) is 11.3 Å². The van der Waals surface area contributed by atoms with Crippen molar-refractivity contribution in [3.63, 3.8) is 0 Å².